The number of aliphatic imine (C=N–C) groups is 1. The Kier molecular flexibility index (Phi) is 11.6. The van der Waals surface area contributed by atoms with E-state index in [2.05, 4.69) is 33.2 Å². The first-order valence-corrected chi connectivity index (χ1v) is 9.53. The van der Waals surface area contributed by atoms with E-state index in [1.807, 2.05) is 12.3 Å². The number of rotatable bonds is 10. The van der Waals surface area contributed by atoms with Crippen molar-refractivity contribution in [3.8, 4) is 0 Å². The third-order valence-electron chi connectivity index (χ3n) is 4.51. The molecule has 0 atom stereocenters. The minimum atomic E-state index is 0. The molecule has 1 aromatic heterocycles. The summed E-state index contributed by atoms with van der Waals surface area (Å²) in [5.74, 6) is 1.61. The second-order valence-corrected chi connectivity index (χ2v) is 6.61. The number of anilines is 1. The second-order valence-electron chi connectivity index (χ2n) is 6.61. The Morgan fingerprint density at radius 3 is 2.68 bits per heavy atom. The van der Waals surface area contributed by atoms with Gasteiger partial charge in [-0.25, -0.2) is 9.98 Å². The van der Waals surface area contributed by atoms with Crippen LogP contribution in [-0.2, 0) is 6.54 Å². The highest BCUT2D eigenvalue weighted by Crippen LogP contribution is 2.18. The number of guanidine groups is 1. The van der Waals surface area contributed by atoms with E-state index in [1.165, 1.54) is 44.9 Å². The van der Waals surface area contributed by atoms with Crippen molar-refractivity contribution in [3.63, 3.8) is 0 Å². The van der Waals surface area contributed by atoms with E-state index >= 15 is 0 Å². The number of nitrogens with one attached hydrogen (secondary N) is 1. The number of unbranched alkanes of at least 4 members (excludes halogenated alkanes) is 5. The maximum absolute atomic E-state index is 5.96. The zero-order chi connectivity index (χ0) is 17.0. The number of hydrogen-bond acceptors (Lipinski definition) is 3. The fourth-order valence-electron chi connectivity index (χ4n) is 3.03. The summed E-state index contributed by atoms with van der Waals surface area (Å²) in [5.41, 5.74) is 7.12. The highest BCUT2D eigenvalue weighted by molar-refractivity contribution is 14.0. The fraction of sp³-hybridized carbons (Fsp3) is 0.684. The van der Waals surface area contributed by atoms with Crippen LogP contribution in [0.5, 0.6) is 0 Å². The van der Waals surface area contributed by atoms with Gasteiger partial charge >= 0.3 is 0 Å². The van der Waals surface area contributed by atoms with Crippen molar-refractivity contribution in [2.75, 3.05) is 24.5 Å². The monoisotopic (exact) mass is 459 g/mol. The Hall–Kier alpha value is -1.05. The van der Waals surface area contributed by atoms with E-state index in [9.17, 15) is 0 Å². The Balaban J connectivity index is 0.00000312. The molecule has 2 heterocycles. The summed E-state index contributed by atoms with van der Waals surface area (Å²) in [7, 11) is 0. The van der Waals surface area contributed by atoms with Gasteiger partial charge in [0.2, 0.25) is 0 Å². The lowest BCUT2D eigenvalue weighted by Gasteiger charge is -2.16. The third-order valence-corrected chi connectivity index (χ3v) is 4.51. The van der Waals surface area contributed by atoms with Crippen molar-refractivity contribution in [2.24, 2.45) is 10.7 Å². The van der Waals surface area contributed by atoms with Crippen LogP contribution in [0.2, 0.25) is 0 Å². The molecule has 0 saturated carbocycles. The lowest BCUT2D eigenvalue weighted by Crippen LogP contribution is -2.32. The molecule has 0 aromatic carbocycles. The maximum atomic E-state index is 5.96. The van der Waals surface area contributed by atoms with Crippen LogP contribution in [0.3, 0.4) is 0 Å². The molecule has 1 aliphatic heterocycles. The van der Waals surface area contributed by atoms with Gasteiger partial charge in [0.1, 0.15) is 5.82 Å². The van der Waals surface area contributed by atoms with E-state index in [0.717, 1.165) is 37.4 Å². The van der Waals surface area contributed by atoms with Gasteiger partial charge in [0.05, 0.1) is 6.54 Å². The fourth-order valence-corrected chi connectivity index (χ4v) is 3.03. The number of halogens is 1. The molecule has 6 heteroatoms. The van der Waals surface area contributed by atoms with Gasteiger partial charge < -0.3 is 16.0 Å². The van der Waals surface area contributed by atoms with Gasteiger partial charge in [-0.2, -0.15) is 0 Å². The summed E-state index contributed by atoms with van der Waals surface area (Å²) < 4.78 is 0. The summed E-state index contributed by atoms with van der Waals surface area (Å²) in [4.78, 5) is 11.3. The predicted octanol–water partition coefficient (Wildman–Crippen LogP) is 4.06. The predicted molar refractivity (Wildman–Crippen MR) is 118 cm³/mol. The van der Waals surface area contributed by atoms with E-state index in [4.69, 9.17) is 5.73 Å². The third kappa shape index (κ3) is 8.74. The molecule has 0 amide bonds. The molecule has 1 aliphatic rings. The molecule has 0 unspecified atom stereocenters. The van der Waals surface area contributed by atoms with Crippen molar-refractivity contribution < 1.29 is 0 Å². The number of aromatic nitrogens is 1. The summed E-state index contributed by atoms with van der Waals surface area (Å²) in [6, 6.07) is 4.15. The van der Waals surface area contributed by atoms with E-state index < -0.39 is 0 Å². The molecule has 0 aliphatic carbocycles. The second kappa shape index (κ2) is 13.2. The first-order valence-electron chi connectivity index (χ1n) is 9.53. The number of pyridine rings is 1. The van der Waals surface area contributed by atoms with Crippen molar-refractivity contribution in [3.05, 3.63) is 23.9 Å². The minimum absolute atomic E-state index is 0. The molecular formula is C19H34IN5. The molecule has 5 nitrogen and oxygen atoms in total. The zero-order valence-electron chi connectivity index (χ0n) is 15.5. The summed E-state index contributed by atoms with van der Waals surface area (Å²) in [5, 5.41) is 3.22. The molecular weight excluding hydrogens is 425 g/mol. The minimum Gasteiger partial charge on any atom is -0.370 e. The van der Waals surface area contributed by atoms with E-state index in [-0.39, 0.29) is 24.0 Å². The maximum Gasteiger partial charge on any atom is 0.188 e. The summed E-state index contributed by atoms with van der Waals surface area (Å²) in [6.45, 7) is 5.99. The molecule has 0 bridgehead atoms. The van der Waals surface area contributed by atoms with Gasteiger partial charge in [-0.05, 0) is 37.0 Å². The SMILES string of the molecule is CCCCCCCCNC(N)=NCc1ccnc(N2CCCC2)c1.I. The first kappa shape index (κ1) is 22.0. The average molecular weight is 459 g/mol. The number of nitrogens with zero attached hydrogens (tertiary/aromatic N) is 3. The van der Waals surface area contributed by atoms with Crippen LogP contribution in [0.15, 0.2) is 23.3 Å². The normalized spacial score (nSPS) is 14.4. The molecule has 1 saturated heterocycles. The average Bonchev–Trinajstić information content (AvgIpc) is 3.14. The molecule has 1 aromatic rings. The Bertz CT molecular complexity index is 500. The van der Waals surface area contributed by atoms with Crippen LogP contribution >= 0.6 is 24.0 Å². The largest absolute Gasteiger partial charge is 0.370 e. The highest BCUT2D eigenvalue weighted by atomic mass is 127. The van der Waals surface area contributed by atoms with Crippen molar-refractivity contribution >= 4 is 35.8 Å². The van der Waals surface area contributed by atoms with Gasteiger partial charge in [0.15, 0.2) is 5.96 Å². The van der Waals surface area contributed by atoms with Crippen LogP contribution < -0.4 is 16.0 Å². The Morgan fingerprint density at radius 1 is 1.20 bits per heavy atom. The zero-order valence-corrected chi connectivity index (χ0v) is 17.9. The van der Waals surface area contributed by atoms with Crippen molar-refractivity contribution in [1.29, 1.82) is 0 Å². The van der Waals surface area contributed by atoms with Gasteiger partial charge in [-0.3, -0.25) is 0 Å². The van der Waals surface area contributed by atoms with Gasteiger partial charge in [0.25, 0.3) is 0 Å². The van der Waals surface area contributed by atoms with Gasteiger partial charge in [0, 0.05) is 25.8 Å². The molecule has 3 N–H and O–H groups in total. The topological polar surface area (TPSA) is 66.5 Å². The van der Waals surface area contributed by atoms with Crippen LogP contribution in [0.1, 0.15) is 63.9 Å². The number of nitrogens with two attached hydrogens (primary N) is 1. The lowest BCUT2D eigenvalue weighted by atomic mass is 10.1. The Labute approximate surface area is 169 Å². The highest BCUT2D eigenvalue weighted by Gasteiger charge is 2.13. The molecule has 0 spiro atoms. The molecule has 0 radical (unpaired) electrons. The van der Waals surface area contributed by atoms with Crippen LogP contribution in [0.4, 0.5) is 5.82 Å². The van der Waals surface area contributed by atoms with Gasteiger partial charge in [-0.1, -0.05) is 39.0 Å². The smallest absolute Gasteiger partial charge is 0.188 e. The Morgan fingerprint density at radius 2 is 1.92 bits per heavy atom. The lowest BCUT2D eigenvalue weighted by molar-refractivity contribution is 0.601. The molecule has 2 rings (SSSR count). The number of hydrogen-bond donors (Lipinski definition) is 2. The molecule has 25 heavy (non-hydrogen) atoms. The van der Waals surface area contributed by atoms with Crippen molar-refractivity contribution in [1.82, 2.24) is 10.3 Å². The quantitative estimate of drug-likeness (QED) is 0.240. The summed E-state index contributed by atoms with van der Waals surface area (Å²) >= 11 is 0. The van der Waals surface area contributed by atoms with Crippen LogP contribution in [-0.4, -0.2) is 30.6 Å². The summed E-state index contributed by atoms with van der Waals surface area (Å²) in [6.07, 6.45) is 12.1. The molecule has 142 valence electrons. The molecule has 1 fully saturated rings. The van der Waals surface area contributed by atoms with Crippen LogP contribution in [0, 0.1) is 0 Å². The first-order chi connectivity index (χ1) is 11.8. The standard InChI is InChI=1S/C19H33N5.HI/c1-2-3-4-5-6-7-11-22-19(20)23-16-17-10-12-21-18(15-17)24-13-8-9-14-24;/h10,12,15H,2-9,11,13-14,16H2,1H3,(H3,20,22,23);1H. The van der Waals surface area contributed by atoms with Crippen molar-refractivity contribution in [2.45, 2.75) is 64.8 Å². The van der Waals surface area contributed by atoms with Gasteiger partial charge in [-0.15, -0.1) is 24.0 Å². The van der Waals surface area contributed by atoms with Crippen LogP contribution in [0.25, 0.3) is 0 Å². The van der Waals surface area contributed by atoms with E-state index in [1.54, 1.807) is 0 Å². The van der Waals surface area contributed by atoms with E-state index in [0.29, 0.717) is 12.5 Å².